The Morgan fingerprint density at radius 3 is 2.89 bits per heavy atom. The molecule has 2 rings (SSSR count). The van der Waals surface area contributed by atoms with E-state index >= 15 is 0 Å². The predicted octanol–water partition coefficient (Wildman–Crippen LogP) is 2.30. The number of furan rings is 1. The molecule has 0 saturated heterocycles. The fourth-order valence-electron chi connectivity index (χ4n) is 1.74. The van der Waals surface area contributed by atoms with Crippen molar-refractivity contribution in [3.63, 3.8) is 0 Å². The zero-order valence-electron chi connectivity index (χ0n) is 10.7. The lowest BCUT2D eigenvalue weighted by Gasteiger charge is -2.09. The summed E-state index contributed by atoms with van der Waals surface area (Å²) < 4.78 is 9.87. The number of carbonyl (C=O) groups excluding carboxylic acids is 1. The van der Waals surface area contributed by atoms with Crippen LogP contribution in [-0.2, 0) is 11.2 Å². The Bertz CT molecular complexity index is 550. The van der Waals surface area contributed by atoms with Crippen LogP contribution < -0.4 is 11.1 Å². The molecule has 100 valence electrons. The number of nitrogens with two attached hydrogens (primary N) is 1. The number of benzene rings is 1. The second-order valence-electron chi connectivity index (χ2n) is 4.05. The van der Waals surface area contributed by atoms with Gasteiger partial charge in [-0.05, 0) is 30.3 Å². The number of anilines is 2. The van der Waals surface area contributed by atoms with Crippen LogP contribution in [0.3, 0.4) is 0 Å². The van der Waals surface area contributed by atoms with Crippen LogP contribution in [0, 0.1) is 0 Å². The number of carbonyl (C=O) groups is 1. The SMILES string of the molecule is COC(=O)c1ccc(NCCc2ccco2)c(N)c1. The molecular formula is C14H16N2O3. The molecule has 0 aliphatic heterocycles. The Labute approximate surface area is 111 Å². The molecule has 0 spiro atoms. The molecule has 19 heavy (non-hydrogen) atoms. The van der Waals surface area contributed by atoms with Crippen LogP contribution in [0.15, 0.2) is 41.0 Å². The summed E-state index contributed by atoms with van der Waals surface area (Å²) in [5.41, 5.74) is 7.63. The minimum absolute atomic E-state index is 0.395. The van der Waals surface area contributed by atoms with Gasteiger partial charge in [-0.1, -0.05) is 0 Å². The van der Waals surface area contributed by atoms with Crippen molar-refractivity contribution in [3.8, 4) is 0 Å². The van der Waals surface area contributed by atoms with Gasteiger partial charge in [0.25, 0.3) is 0 Å². The molecule has 1 heterocycles. The average Bonchev–Trinajstić information content (AvgIpc) is 2.93. The Balaban J connectivity index is 1.95. The van der Waals surface area contributed by atoms with E-state index in [9.17, 15) is 4.79 Å². The number of hydrogen-bond acceptors (Lipinski definition) is 5. The van der Waals surface area contributed by atoms with Crippen molar-refractivity contribution in [1.29, 1.82) is 0 Å². The first kappa shape index (κ1) is 13.0. The molecule has 1 aromatic heterocycles. The van der Waals surface area contributed by atoms with Crippen molar-refractivity contribution in [2.24, 2.45) is 0 Å². The second kappa shape index (κ2) is 5.95. The van der Waals surface area contributed by atoms with Crippen LogP contribution in [0.25, 0.3) is 0 Å². The molecule has 0 amide bonds. The summed E-state index contributed by atoms with van der Waals surface area (Å²) in [5, 5.41) is 3.20. The Kier molecular flexibility index (Phi) is 4.07. The average molecular weight is 260 g/mol. The summed E-state index contributed by atoms with van der Waals surface area (Å²) in [7, 11) is 1.34. The molecule has 0 fully saturated rings. The molecule has 3 N–H and O–H groups in total. The van der Waals surface area contributed by atoms with Crippen LogP contribution >= 0.6 is 0 Å². The van der Waals surface area contributed by atoms with E-state index in [1.165, 1.54) is 7.11 Å². The van der Waals surface area contributed by atoms with Gasteiger partial charge in [-0.25, -0.2) is 4.79 Å². The number of nitrogen functional groups attached to an aromatic ring is 1. The molecule has 5 heteroatoms. The number of ether oxygens (including phenoxy) is 1. The summed E-state index contributed by atoms with van der Waals surface area (Å²) in [5.74, 6) is 0.520. The lowest BCUT2D eigenvalue weighted by Crippen LogP contribution is -2.08. The van der Waals surface area contributed by atoms with Crippen molar-refractivity contribution in [2.75, 3.05) is 24.7 Å². The van der Waals surface area contributed by atoms with Gasteiger partial charge in [0, 0.05) is 13.0 Å². The van der Waals surface area contributed by atoms with Crippen molar-refractivity contribution in [1.82, 2.24) is 0 Å². The van der Waals surface area contributed by atoms with Gasteiger partial charge in [0.1, 0.15) is 5.76 Å². The zero-order chi connectivity index (χ0) is 13.7. The third-order valence-corrected chi connectivity index (χ3v) is 2.74. The minimum Gasteiger partial charge on any atom is -0.469 e. The van der Waals surface area contributed by atoms with Crippen LogP contribution in [-0.4, -0.2) is 19.6 Å². The second-order valence-corrected chi connectivity index (χ2v) is 4.05. The highest BCUT2D eigenvalue weighted by molar-refractivity contribution is 5.91. The van der Waals surface area contributed by atoms with Gasteiger partial charge in [0.2, 0.25) is 0 Å². The first-order chi connectivity index (χ1) is 9.20. The Hall–Kier alpha value is -2.43. The molecule has 0 radical (unpaired) electrons. The normalized spacial score (nSPS) is 10.2. The standard InChI is InChI=1S/C14H16N2O3/c1-18-14(17)10-4-5-13(12(15)9-10)16-7-6-11-3-2-8-19-11/h2-5,8-9,16H,6-7,15H2,1H3. The van der Waals surface area contributed by atoms with Gasteiger partial charge >= 0.3 is 5.97 Å². The summed E-state index contributed by atoms with van der Waals surface area (Å²) in [6, 6.07) is 8.82. The molecular weight excluding hydrogens is 244 g/mol. The summed E-state index contributed by atoms with van der Waals surface area (Å²) in [4.78, 5) is 11.3. The number of methoxy groups -OCH3 is 1. The predicted molar refractivity (Wildman–Crippen MR) is 73.1 cm³/mol. The zero-order valence-corrected chi connectivity index (χ0v) is 10.7. The minimum atomic E-state index is -0.395. The van der Waals surface area contributed by atoms with Crippen molar-refractivity contribution < 1.29 is 13.9 Å². The van der Waals surface area contributed by atoms with Crippen LogP contribution in [0.1, 0.15) is 16.1 Å². The highest BCUT2D eigenvalue weighted by Gasteiger charge is 2.07. The van der Waals surface area contributed by atoms with E-state index in [1.807, 2.05) is 12.1 Å². The number of hydrogen-bond donors (Lipinski definition) is 2. The number of nitrogens with one attached hydrogen (secondary N) is 1. The molecule has 0 saturated carbocycles. The lowest BCUT2D eigenvalue weighted by atomic mass is 10.1. The van der Waals surface area contributed by atoms with Gasteiger partial charge < -0.3 is 20.2 Å². The van der Waals surface area contributed by atoms with Gasteiger partial charge in [-0.3, -0.25) is 0 Å². The maximum atomic E-state index is 11.3. The molecule has 5 nitrogen and oxygen atoms in total. The van der Waals surface area contributed by atoms with Crippen molar-refractivity contribution in [2.45, 2.75) is 6.42 Å². The third-order valence-electron chi connectivity index (χ3n) is 2.74. The van der Waals surface area contributed by atoms with Gasteiger partial charge in [0.05, 0.1) is 30.3 Å². The third kappa shape index (κ3) is 3.28. The van der Waals surface area contributed by atoms with E-state index in [0.717, 1.165) is 17.9 Å². The van der Waals surface area contributed by atoms with Crippen LogP contribution in [0.5, 0.6) is 0 Å². The quantitative estimate of drug-likeness (QED) is 0.637. The molecule has 0 aliphatic carbocycles. The summed E-state index contributed by atoms with van der Waals surface area (Å²) in [6.07, 6.45) is 2.42. The molecule has 1 aromatic carbocycles. The summed E-state index contributed by atoms with van der Waals surface area (Å²) in [6.45, 7) is 0.704. The first-order valence-corrected chi connectivity index (χ1v) is 5.95. The maximum absolute atomic E-state index is 11.3. The number of esters is 1. The largest absolute Gasteiger partial charge is 0.469 e. The van der Waals surface area contributed by atoms with Gasteiger partial charge in [-0.15, -0.1) is 0 Å². The molecule has 0 unspecified atom stereocenters. The molecule has 0 aliphatic rings. The Morgan fingerprint density at radius 1 is 1.42 bits per heavy atom. The topological polar surface area (TPSA) is 77.5 Å². The van der Waals surface area contributed by atoms with E-state index in [0.29, 0.717) is 17.8 Å². The first-order valence-electron chi connectivity index (χ1n) is 5.95. The highest BCUT2D eigenvalue weighted by Crippen LogP contribution is 2.20. The van der Waals surface area contributed by atoms with E-state index in [-0.39, 0.29) is 0 Å². The van der Waals surface area contributed by atoms with E-state index < -0.39 is 5.97 Å². The smallest absolute Gasteiger partial charge is 0.337 e. The van der Waals surface area contributed by atoms with Crippen LogP contribution in [0.2, 0.25) is 0 Å². The van der Waals surface area contributed by atoms with Gasteiger partial charge in [0.15, 0.2) is 0 Å². The summed E-state index contributed by atoms with van der Waals surface area (Å²) >= 11 is 0. The highest BCUT2D eigenvalue weighted by atomic mass is 16.5. The van der Waals surface area contributed by atoms with Crippen LogP contribution in [0.4, 0.5) is 11.4 Å². The molecule has 0 atom stereocenters. The molecule has 2 aromatic rings. The van der Waals surface area contributed by atoms with Gasteiger partial charge in [-0.2, -0.15) is 0 Å². The monoisotopic (exact) mass is 260 g/mol. The Morgan fingerprint density at radius 2 is 2.26 bits per heavy atom. The van der Waals surface area contributed by atoms with E-state index in [1.54, 1.807) is 24.5 Å². The molecule has 0 bridgehead atoms. The van der Waals surface area contributed by atoms with E-state index in [4.69, 9.17) is 10.2 Å². The fraction of sp³-hybridized carbons (Fsp3) is 0.214. The lowest BCUT2D eigenvalue weighted by molar-refractivity contribution is 0.0601. The van der Waals surface area contributed by atoms with Crippen molar-refractivity contribution >= 4 is 17.3 Å². The van der Waals surface area contributed by atoms with Crippen molar-refractivity contribution in [3.05, 3.63) is 47.9 Å². The maximum Gasteiger partial charge on any atom is 0.337 e. The number of rotatable bonds is 5. The van der Waals surface area contributed by atoms with E-state index in [2.05, 4.69) is 10.1 Å². The fourth-order valence-corrected chi connectivity index (χ4v) is 1.74.